The van der Waals surface area contributed by atoms with Gasteiger partial charge in [-0.05, 0) is 38.5 Å². The lowest BCUT2D eigenvalue weighted by Crippen LogP contribution is -2.29. The molecule has 1 aromatic carbocycles. The minimum Gasteiger partial charge on any atom is -0.481 e. The predicted octanol–water partition coefficient (Wildman–Crippen LogP) is 1.68. The van der Waals surface area contributed by atoms with Crippen molar-refractivity contribution >= 4 is 27.6 Å². The standard InChI is InChI=1S/C15H22N2O5S/c1-10-6-7-11(8-12(10)23(21,22)17(4)5)16-13(18)9-15(2,3)14(19)20/h6-8H,9H2,1-5H3,(H,16,18)(H,19,20). The van der Waals surface area contributed by atoms with Crippen molar-refractivity contribution in [3.05, 3.63) is 23.8 Å². The van der Waals surface area contributed by atoms with E-state index in [0.717, 1.165) is 4.31 Å². The van der Waals surface area contributed by atoms with Crippen molar-refractivity contribution in [2.45, 2.75) is 32.1 Å². The molecule has 1 amide bonds. The molecule has 0 saturated carbocycles. The summed E-state index contributed by atoms with van der Waals surface area (Å²) in [5, 5.41) is 11.6. The lowest BCUT2D eigenvalue weighted by atomic mass is 9.89. The molecule has 23 heavy (non-hydrogen) atoms. The number of carbonyl (C=O) groups is 2. The van der Waals surface area contributed by atoms with E-state index in [-0.39, 0.29) is 11.3 Å². The average Bonchev–Trinajstić information content (AvgIpc) is 2.39. The zero-order valence-corrected chi connectivity index (χ0v) is 14.7. The highest BCUT2D eigenvalue weighted by atomic mass is 32.2. The number of carbonyl (C=O) groups excluding carboxylic acids is 1. The van der Waals surface area contributed by atoms with Crippen LogP contribution < -0.4 is 5.32 Å². The first-order chi connectivity index (χ1) is 10.4. The fraction of sp³-hybridized carbons (Fsp3) is 0.467. The van der Waals surface area contributed by atoms with Crippen LogP contribution in [0.4, 0.5) is 5.69 Å². The third kappa shape index (κ3) is 4.52. The van der Waals surface area contributed by atoms with E-state index in [1.165, 1.54) is 34.0 Å². The van der Waals surface area contributed by atoms with E-state index < -0.39 is 27.3 Å². The first kappa shape index (κ1) is 19.1. The summed E-state index contributed by atoms with van der Waals surface area (Å²) < 4.78 is 25.6. The summed E-state index contributed by atoms with van der Waals surface area (Å²) in [7, 11) is -0.775. The molecule has 0 radical (unpaired) electrons. The van der Waals surface area contributed by atoms with E-state index in [1.807, 2.05) is 0 Å². The Balaban J connectivity index is 3.05. The minimum absolute atomic E-state index is 0.0952. The Kier molecular flexibility index (Phi) is 5.55. The fourth-order valence-electron chi connectivity index (χ4n) is 1.83. The van der Waals surface area contributed by atoms with Crippen molar-refractivity contribution in [1.29, 1.82) is 0 Å². The van der Waals surface area contributed by atoms with Crippen molar-refractivity contribution in [3.63, 3.8) is 0 Å². The van der Waals surface area contributed by atoms with E-state index in [2.05, 4.69) is 5.32 Å². The van der Waals surface area contributed by atoms with Crippen molar-refractivity contribution in [2.75, 3.05) is 19.4 Å². The number of nitrogens with one attached hydrogen (secondary N) is 1. The van der Waals surface area contributed by atoms with Crippen molar-refractivity contribution < 1.29 is 23.1 Å². The Bertz CT molecular complexity index is 723. The van der Waals surface area contributed by atoms with Crippen LogP contribution in [-0.4, -0.2) is 43.8 Å². The van der Waals surface area contributed by atoms with Gasteiger partial charge >= 0.3 is 5.97 Å². The van der Waals surface area contributed by atoms with E-state index >= 15 is 0 Å². The SMILES string of the molecule is Cc1ccc(NC(=O)CC(C)(C)C(=O)O)cc1S(=O)(=O)N(C)C. The maximum atomic E-state index is 12.2. The van der Waals surface area contributed by atoms with Crippen LogP contribution >= 0.6 is 0 Å². The zero-order chi connectivity index (χ0) is 18.0. The molecule has 0 aliphatic rings. The summed E-state index contributed by atoms with van der Waals surface area (Å²) in [5.41, 5.74) is -0.336. The van der Waals surface area contributed by atoms with Crippen LogP contribution in [0.3, 0.4) is 0 Å². The Morgan fingerprint density at radius 2 is 1.83 bits per heavy atom. The number of carboxylic acid groups (broad SMARTS) is 1. The topological polar surface area (TPSA) is 104 Å². The molecule has 0 unspecified atom stereocenters. The number of sulfonamides is 1. The number of rotatable bonds is 6. The number of anilines is 1. The Hall–Kier alpha value is -1.93. The Morgan fingerprint density at radius 3 is 2.30 bits per heavy atom. The van der Waals surface area contributed by atoms with Gasteiger partial charge in [-0.1, -0.05) is 6.07 Å². The summed E-state index contributed by atoms with van der Waals surface area (Å²) in [4.78, 5) is 23.1. The van der Waals surface area contributed by atoms with Gasteiger partial charge in [-0.3, -0.25) is 9.59 Å². The molecule has 0 aromatic heterocycles. The quantitative estimate of drug-likeness (QED) is 0.818. The average molecular weight is 342 g/mol. The van der Waals surface area contributed by atoms with Gasteiger partial charge in [0.15, 0.2) is 0 Å². The van der Waals surface area contributed by atoms with E-state index in [0.29, 0.717) is 11.3 Å². The number of aryl methyl sites for hydroxylation is 1. The number of nitrogens with zero attached hydrogens (tertiary/aromatic N) is 1. The summed E-state index contributed by atoms with van der Waals surface area (Å²) in [6, 6.07) is 4.54. The van der Waals surface area contributed by atoms with Gasteiger partial charge in [0.05, 0.1) is 10.3 Å². The van der Waals surface area contributed by atoms with Crippen LogP contribution in [0.25, 0.3) is 0 Å². The van der Waals surface area contributed by atoms with E-state index in [1.54, 1.807) is 19.1 Å². The number of benzene rings is 1. The number of hydrogen-bond acceptors (Lipinski definition) is 4. The molecule has 0 atom stereocenters. The summed E-state index contributed by atoms with van der Waals surface area (Å²) in [5.74, 6) is -1.57. The highest BCUT2D eigenvalue weighted by Gasteiger charge is 2.30. The molecule has 0 bridgehead atoms. The lowest BCUT2D eigenvalue weighted by Gasteiger charge is -2.19. The fourth-order valence-corrected chi connectivity index (χ4v) is 2.98. The second-order valence-electron chi connectivity index (χ2n) is 6.18. The largest absolute Gasteiger partial charge is 0.481 e. The number of carboxylic acids is 1. The van der Waals surface area contributed by atoms with Crippen LogP contribution in [0.15, 0.2) is 23.1 Å². The highest BCUT2D eigenvalue weighted by molar-refractivity contribution is 7.89. The number of amides is 1. The summed E-state index contributed by atoms with van der Waals surface area (Å²) in [6.07, 6.45) is -0.216. The van der Waals surface area contributed by atoms with Crippen LogP contribution in [0, 0.1) is 12.3 Å². The molecule has 1 rings (SSSR count). The second-order valence-corrected chi connectivity index (χ2v) is 8.30. The maximum Gasteiger partial charge on any atom is 0.309 e. The van der Waals surface area contributed by atoms with Gasteiger partial charge in [0.2, 0.25) is 15.9 Å². The zero-order valence-electron chi connectivity index (χ0n) is 13.9. The van der Waals surface area contributed by atoms with Gasteiger partial charge in [-0.2, -0.15) is 0 Å². The summed E-state index contributed by atoms with van der Waals surface area (Å²) >= 11 is 0. The summed E-state index contributed by atoms with van der Waals surface area (Å²) in [6.45, 7) is 4.56. The first-order valence-corrected chi connectivity index (χ1v) is 8.38. The van der Waals surface area contributed by atoms with E-state index in [9.17, 15) is 18.0 Å². The smallest absolute Gasteiger partial charge is 0.309 e. The van der Waals surface area contributed by atoms with E-state index in [4.69, 9.17) is 5.11 Å². The predicted molar refractivity (Wildman–Crippen MR) is 86.7 cm³/mol. The molecular formula is C15H22N2O5S. The van der Waals surface area contributed by atoms with Gasteiger partial charge in [0, 0.05) is 26.2 Å². The molecule has 8 heteroatoms. The number of aliphatic carboxylic acids is 1. The molecule has 0 saturated heterocycles. The normalized spacial score (nSPS) is 12.3. The van der Waals surface area contributed by atoms with Crippen LogP contribution in [0.1, 0.15) is 25.8 Å². The molecule has 7 nitrogen and oxygen atoms in total. The molecule has 0 heterocycles. The van der Waals surface area contributed by atoms with Crippen LogP contribution in [-0.2, 0) is 19.6 Å². The Morgan fingerprint density at radius 1 is 1.26 bits per heavy atom. The second kappa shape index (κ2) is 6.67. The van der Waals surface area contributed by atoms with Gasteiger partial charge in [-0.25, -0.2) is 12.7 Å². The lowest BCUT2D eigenvalue weighted by molar-refractivity contribution is -0.148. The first-order valence-electron chi connectivity index (χ1n) is 6.94. The molecule has 0 aliphatic carbocycles. The molecule has 2 N–H and O–H groups in total. The minimum atomic E-state index is -3.63. The van der Waals surface area contributed by atoms with Gasteiger partial charge < -0.3 is 10.4 Å². The van der Waals surface area contributed by atoms with Crippen molar-refractivity contribution in [3.8, 4) is 0 Å². The van der Waals surface area contributed by atoms with Gasteiger partial charge in [0.25, 0.3) is 0 Å². The van der Waals surface area contributed by atoms with Crippen LogP contribution in [0.5, 0.6) is 0 Å². The molecule has 0 aliphatic heterocycles. The highest BCUT2D eigenvalue weighted by Crippen LogP contribution is 2.24. The molecule has 0 fully saturated rings. The molecular weight excluding hydrogens is 320 g/mol. The van der Waals surface area contributed by atoms with Crippen molar-refractivity contribution in [1.82, 2.24) is 4.31 Å². The number of hydrogen-bond donors (Lipinski definition) is 2. The Labute approximate surface area is 136 Å². The third-order valence-electron chi connectivity index (χ3n) is 3.41. The van der Waals surface area contributed by atoms with Crippen LogP contribution in [0.2, 0.25) is 0 Å². The molecule has 1 aromatic rings. The van der Waals surface area contributed by atoms with Crippen molar-refractivity contribution in [2.24, 2.45) is 5.41 Å². The molecule has 0 spiro atoms. The van der Waals surface area contributed by atoms with Gasteiger partial charge in [-0.15, -0.1) is 0 Å². The third-order valence-corrected chi connectivity index (χ3v) is 5.37. The molecule has 128 valence electrons. The maximum absolute atomic E-state index is 12.2. The van der Waals surface area contributed by atoms with Gasteiger partial charge in [0.1, 0.15) is 0 Å². The monoisotopic (exact) mass is 342 g/mol.